The lowest BCUT2D eigenvalue weighted by atomic mass is 10.1. The Morgan fingerprint density at radius 2 is 1.53 bits per heavy atom. The summed E-state index contributed by atoms with van der Waals surface area (Å²) in [5.41, 5.74) is -1.44. The first-order valence-electron chi connectivity index (χ1n) is 8.43. The molecule has 1 amide bonds. The van der Waals surface area contributed by atoms with E-state index in [9.17, 15) is 26.4 Å². The number of carbonyl (C=O) groups excluding carboxylic acids is 1. The Bertz CT molecular complexity index is 1180. The first-order valence-corrected chi connectivity index (χ1v) is 10.3. The van der Waals surface area contributed by atoms with Crippen LogP contribution in [0.2, 0.25) is 5.02 Å². The van der Waals surface area contributed by atoms with Crippen LogP contribution in [-0.2, 0) is 16.2 Å². The van der Waals surface area contributed by atoms with Crippen LogP contribution in [0.1, 0.15) is 15.9 Å². The van der Waals surface area contributed by atoms with Crippen LogP contribution < -0.4 is 10.0 Å². The molecular weight excluding hydrogens is 441 g/mol. The van der Waals surface area contributed by atoms with Gasteiger partial charge in [0, 0.05) is 0 Å². The fraction of sp³-hybridized carbons (Fsp3) is 0.0500. The lowest BCUT2D eigenvalue weighted by Crippen LogP contribution is -2.17. The highest BCUT2D eigenvalue weighted by Gasteiger charge is 2.33. The quantitative estimate of drug-likeness (QED) is 0.541. The van der Waals surface area contributed by atoms with Crippen molar-refractivity contribution in [3.05, 3.63) is 88.9 Å². The number of sulfonamides is 1. The van der Waals surface area contributed by atoms with Crippen molar-refractivity contribution in [2.75, 3.05) is 10.0 Å². The van der Waals surface area contributed by atoms with Crippen LogP contribution in [0.4, 0.5) is 24.5 Å². The highest BCUT2D eigenvalue weighted by Crippen LogP contribution is 2.35. The first kappa shape index (κ1) is 21.7. The molecule has 0 heterocycles. The summed E-state index contributed by atoms with van der Waals surface area (Å²) in [5.74, 6) is -0.867. The zero-order chi connectivity index (χ0) is 21.9. The third kappa shape index (κ3) is 4.92. The Hall–Kier alpha value is -3.04. The zero-order valence-corrected chi connectivity index (χ0v) is 16.6. The summed E-state index contributed by atoms with van der Waals surface area (Å²) in [6.45, 7) is 0. The molecule has 0 bridgehead atoms. The summed E-state index contributed by atoms with van der Waals surface area (Å²) in [6.07, 6.45) is -4.65. The van der Waals surface area contributed by atoms with E-state index >= 15 is 0 Å². The molecule has 10 heteroatoms. The molecule has 0 unspecified atom stereocenters. The van der Waals surface area contributed by atoms with Crippen LogP contribution in [0, 0.1) is 0 Å². The minimum atomic E-state index is -4.65. The van der Waals surface area contributed by atoms with Crippen molar-refractivity contribution in [3.63, 3.8) is 0 Å². The molecule has 3 aromatic rings. The summed E-state index contributed by atoms with van der Waals surface area (Å²) < 4.78 is 66.3. The van der Waals surface area contributed by atoms with Crippen LogP contribution >= 0.6 is 11.6 Å². The predicted molar refractivity (Wildman–Crippen MR) is 108 cm³/mol. The number of hydrogen-bond acceptors (Lipinski definition) is 3. The van der Waals surface area contributed by atoms with Crippen molar-refractivity contribution in [2.24, 2.45) is 0 Å². The largest absolute Gasteiger partial charge is 0.418 e. The van der Waals surface area contributed by atoms with Gasteiger partial charge in [-0.3, -0.25) is 9.52 Å². The van der Waals surface area contributed by atoms with Crippen molar-refractivity contribution < 1.29 is 26.4 Å². The Kier molecular flexibility index (Phi) is 6.04. The lowest BCUT2D eigenvalue weighted by molar-refractivity contribution is -0.136. The molecule has 0 fully saturated rings. The second kappa shape index (κ2) is 8.37. The van der Waals surface area contributed by atoms with Crippen LogP contribution in [-0.4, -0.2) is 14.3 Å². The van der Waals surface area contributed by atoms with Crippen molar-refractivity contribution in [2.45, 2.75) is 11.1 Å². The molecule has 2 N–H and O–H groups in total. The third-order valence-corrected chi connectivity index (χ3v) is 5.71. The smallest absolute Gasteiger partial charge is 0.321 e. The maximum Gasteiger partial charge on any atom is 0.418 e. The standard InChI is InChI=1S/C20H14ClF3N2O3S/c21-17-12-13(26-30(28,29)14-6-2-1-3-7-14)10-11-15(17)19(27)25-18-9-5-4-8-16(18)20(22,23)24/h1-12,26H,(H,25,27). The Morgan fingerprint density at radius 3 is 2.17 bits per heavy atom. The molecule has 0 aromatic heterocycles. The van der Waals surface area contributed by atoms with Gasteiger partial charge in [0.15, 0.2) is 0 Å². The van der Waals surface area contributed by atoms with Gasteiger partial charge in [-0.05, 0) is 42.5 Å². The number of hydrogen-bond donors (Lipinski definition) is 2. The normalized spacial score (nSPS) is 11.7. The molecule has 0 spiro atoms. The number of alkyl halides is 3. The second-order valence-electron chi connectivity index (χ2n) is 6.11. The summed E-state index contributed by atoms with van der Waals surface area (Å²) in [4.78, 5) is 12.5. The van der Waals surface area contributed by atoms with Crippen LogP contribution in [0.5, 0.6) is 0 Å². The fourth-order valence-corrected chi connectivity index (χ4v) is 3.94. The van der Waals surface area contributed by atoms with Crippen LogP contribution in [0.15, 0.2) is 77.7 Å². The van der Waals surface area contributed by atoms with Crippen molar-refractivity contribution in [1.82, 2.24) is 0 Å². The molecule has 3 rings (SSSR count). The zero-order valence-electron chi connectivity index (χ0n) is 15.1. The summed E-state index contributed by atoms with van der Waals surface area (Å²) in [6, 6.07) is 15.8. The van der Waals surface area contributed by atoms with Crippen LogP contribution in [0.25, 0.3) is 0 Å². The highest BCUT2D eigenvalue weighted by molar-refractivity contribution is 7.92. The molecule has 3 aromatic carbocycles. The summed E-state index contributed by atoms with van der Waals surface area (Å²) in [5, 5.41) is 2.05. The molecule has 0 radical (unpaired) electrons. The SMILES string of the molecule is O=C(Nc1ccccc1C(F)(F)F)c1ccc(NS(=O)(=O)c2ccccc2)cc1Cl. The van der Waals surface area contributed by atoms with Gasteiger partial charge in [0.05, 0.1) is 32.4 Å². The molecule has 0 aliphatic carbocycles. The predicted octanol–water partition coefficient (Wildman–Crippen LogP) is 5.41. The fourth-order valence-electron chi connectivity index (χ4n) is 2.61. The first-order chi connectivity index (χ1) is 14.1. The highest BCUT2D eigenvalue weighted by atomic mass is 35.5. The van der Waals surface area contributed by atoms with Gasteiger partial charge in [-0.1, -0.05) is 41.9 Å². The average Bonchev–Trinajstić information content (AvgIpc) is 2.68. The van der Waals surface area contributed by atoms with Gasteiger partial charge in [-0.2, -0.15) is 13.2 Å². The van der Waals surface area contributed by atoms with Crippen molar-refractivity contribution in [3.8, 4) is 0 Å². The minimum absolute atomic E-state index is 0.0340. The number of carbonyl (C=O) groups is 1. The van der Waals surface area contributed by atoms with E-state index in [0.29, 0.717) is 0 Å². The van der Waals surface area contributed by atoms with Crippen LogP contribution in [0.3, 0.4) is 0 Å². The van der Waals surface area contributed by atoms with E-state index in [1.807, 2.05) is 0 Å². The van der Waals surface area contributed by atoms with E-state index in [-0.39, 0.29) is 21.2 Å². The van der Waals surface area contributed by atoms with Gasteiger partial charge in [-0.25, -0.2) is 8.42 Å². The van der Waals surface area contributed by atoms with Crippen molar-refractivity contribution >= 4 is 38.9 Å². The molecule has 5 nitrogen and oxygen atoms in total. The molecule has 30 heavy (non-hydrogen) atoms. The van der Waals surface area contributed by atoms with E-state index in [0.717, 1.165) is 12.1 Å². The molecule has 0 saturated heterocycles. The van der Waals surface area contributed by atoms with Gasteiger partial charge >= 0.3 is 6.18 Å². The second-order valence-corrected chi connectivity index (χ2v) is 8.20. The number of benzene rings is 3. The number of amides is 1. The average molecular weight is 455 g/mol. The summed E-state index contributed by atoms with van der Waals surface area (Å²) >= 11 is 6.08. The Balaban J connectivity index is 1.82. The van der Waals surface area contributed by atoms with E-state index in [1.165, 1.54) is 42.5 Å². The summed E-state index contributed by atoms with van der Waals surface area (Å²) in [7, 11) is -3.87. The Labute approximate surface area is 175 Å². The van der Waals surface area contributed by atoms with E-state index in [4.69, 9.17) is 11.6 Å². The van der Waals surface area contributed by atoms with E-state index in [1.54, 1.807) is 18.2 Å². The van der Waals surface area contributed by atoms with Gasteiger partial charge in [0.2, 0.25) is 0 Å². The van der Waals surface area contributed by atoms with Gasteiger partial charge in [-0.15, -0.1) is 0 Å². The number of rotatable bonds is 5. The molecular formula is C20H14ClF3N2O3S. The lowest BCUT2D eigenvalue weighted by Gasteiger charge is -2.14. The van der Waals surface area contributed by atoms with Gasteiger partial charge in [0.25, 0.3) is 15.9 Å². The Morgan fingerprint density at radius 1 is 0.900 bits per heavy atom. The number of nitrogens with one attached hydrogen (secondary N) is 2. The molecule has 0 atom stereocenters. The number of anilines is 2. The minimum Gasteiger partial charge on any atom is -0.321 e. The third-order valence-electron chi connectivity index (χ3n) is 4.00. The maximum absolute atomic E-state index is 13.1. The topological polar surface area (TPSA) is 75.3 Å². The molecule has 0 aliphatic rings. The van der Waals surface area contributed by atoms with Crippen molar-refractivity contribution in [1.29, 1.82) is 0 Å². The molecule has 0 saturated carbocycles. The number of halogens is 4. The number of para-hydroxylation sites is 1. The van der Waals surface area contributed by atoms with E-state index in [2.05, 4.69) is 10.0 Å². The van der Waals surface area contributed by atoms with Gasteiger partial charge < -0.3 is 5.32 Å². The monoisotopic (exact) mass is 454 g/mol. The maximum atomic E-state index is 13.1. The molecule has 156 valence electrons. The van der Waals surface area contributed by atoms with Gasteiger partial charge in [0.1, 0.15) is 0 Å². The molecule has 0 aliphatic heterocycles. The van der Waals surface area contributed by atoms with E-state index < -0.39 is 33.4 Å².